The number of hydrogen-bond donors (Lipinski definition) is 2. The van der Waals surface area contributed by atoms with E-state index in [-0.39, 0.29) is 30.1 Å². The minimum atomic E-state index is 0. The molecule has 2 unspecified atom stereocenters. The zero-order valence-electron chi connectivity index (χ0n) is 16.7. The van der Waals surface area contributed by atoms with Gasteiger partial charge in [-0.25, -0.2) is 4.99 Å². The zero-order valence-corrected chi connectivity index (χ0v) is 19.0. The number of fused-ring (bicyclic) bond motifs is 1. The van der Waals surface area contributed by atoms with Crippen LogP contribution in [-0.4, -0.2) is 62.9 Å². The maximum Gasteiger partial charge on any atom is 0.191 e. The second-order valence-electron chi connectivity index (χ2n) is 7.14. The smallest absolute Gasteiger partial charge is 0.191 e. The predicted octanol–water partition coefficient (Wildman–Crippen LogP) is 2.54. The van der Waals surface area contributed by atoms with Crippen LogP contribution in [0.5, 0.6) is 5.75 Å². The van der Waals surface area contributed by atoms with Crippen LogP contribution in [0, 0.1) is 6.92 Å². The summed E-state index contributed by atoms with van der Waals surface area (Å²) in [5, 5.41) is 6.75. The summed E-state index contributed by atoms with van der Waals surface area (Å²) in [6, 6.07) is 6.87. The summed E-state index contributed by atoms with van der Waals surface area (Å²) in [6.07, 6.45) is 2.81. The second-order valence-corrected chi connectivity index (χ2v) is 7.14. The highest BCUT2D eigenvalue weighted by Gasteiger charge is 2.32. The van der Waals surface area contributed by atoms with Crippen molar-refractivity contribution in [3.63, 3.8) is 0 Å². The molecule has 2 heterocycles. The van der Waals surface area contributed by atoms with Gasteiger partial charge in [0.2, 0.25) is 0 Å². The van der Waals surface area contributed by atoms with E-state index in [4.69, 9.17) is 14.5 Å². The van der Waals surface area contributed by atoms with E-state index in [0.29, 0.717) is 12.6 Å². The Bertz CT molecular complexity index is 626. The molecule has 0 spiro atoms. The Labute approximate surface area is 180 Å². The number of nitrogens with one attached hydrogen (secondary N) is 2. The van der Waals surface area contributed by atoms with Gasteiger partial charge >= 0.3 is 0 Å². The molecule has 2 N–H and O–H groups in total. The molecule has 7 heteroatoms. The summed E-state index contributed by atoms with van der Waals surface area (Å²) >= 11 is 0. The molecule has 2 saturated heterocycles. The number of halogens is 1. The predicted molar refractivity (Wildman–Crippen MR) is 120 cm³/mol. The number of guanidine groups is 1. The Morgan fingerprint density at radius 2 is 2.22 bits per heavy atom. The number of morpholine rings is 1. The molecule has 0 aliphatic carbocycles. The lowest BCUT2D eigenvalue weighted by atomic mass is 10.1. The topological polar surface area (TPSA) is 58.1 Å². The van der Waals surface area contributed by atoms with E-state index < -0.39 is 0 Å². The molecule has 0 saturated carbocycles. The molecule has 2 atom stereocenters. The summed E-state index contributed by atoms with van der Waals surface area (Å²) in [5.74, 6) is 1.71. The average molecular weight is 488 g/mol. The normalized spacial score (nSPS) is 22.7. The SMILES string of the molecule is CCNC(=NCc1ccc(C)cc1OC)NCC1CN2CCCC2CO1.I. The van der Waals surface area contributed by atoms with Gasteiger partial charge in [-0.05, 0) is 44.9 Å². The highest BCUT2D eigenvalue weighted by molar-refractivity contribution is 14.0. The number of methoxy groups -OCH3 is 1. The standard InChI is InChI=1S/C20H32N4O2.HI/c1-4-21-20(22-11-16-8-7-15(2)10-19(16)25-3)23-12-18-13-24-9-5-6-17(24)14-26-18;/h7-8,10,17-18H,4-6,9,11-14H2,1-3H3,(H2,21,22,23);1H. The van der Waals surface area contributed by atoms with Crippen LogP contribution in [-0.2, 0) is 11.3 Å². The van der Waals surface area contributed by atoms with Crippen LogP contribution in [0.25, 0.3) is 0 Å². The van der Waals surface area contributed by atoms with Gasteiger partial charge < -0.3 is 20.1 Å². The van der Waals surface area contributed by atoms with Crippen molar-refractivity contribution in [1.82, 2.24) is 15.5 Å². The summed E-state index contributed by atoms with van der Waals surface area (Å²) in [6.45, 7) is 9.43. The van der Waals surface area contributed by atoms with Gasteiger partial charge in [-0.2, -0.15) is 0 Å². The molecule has 27 heavy (non-hydrogen) atoms. The summed E-state index contributed by atoms with van der Waals surface area (Å²) in [5.41, 5.74) is 2.28. The minimum Gasteiger partial charge on any atom is -0.496 e. The quantitative estimate of drug-likeness (QED) is 0.366. The van der Waals surface area contributed by atoms with E-state index in [1.807, 2.05) is 6.07 Å². The van der Waals surface area contributed by atoms with E-state index in [0.717, 1.165) is 43.5 Å². The van der Waals surface area contributed by atoms with Crippen molar-refractivity contribution >= 4 is 29.9 Å². The average Bonchev–Trinajstić information content (AvgIpc) is 3.12. The third-order valence-electron chi connectivity index (χ3n) is 5.15. The lowest BCUT2D eigenvalue weighted by Gasteiger charge is -2.35. The van der Waals surface area contributed by atoms with E-state index >= 15 is 0 Å². The van der Waals surface area contributed by atoms with Crippen molar-refractivity contribution in [1.29, 1.82) is 0 Å². The van der Waals surface area contributed by atoms with Gasteiger partial charge in [-0.1, -0.05) is 12.1 Å². The first-order valence-corrected chi connectivity index (χ1v) is 9.71. The summed E-state index contributed by atoms with van der Waals surface area (Å²) < 4.78 is 11.5. The van der Waals surface area contributed by atoms with Crippen molar-refractivity contribution in [2.75, 3.05) is 39.9 Å². The molecular weight excluding hydrogens is 455 g/mol. The Hall–Kier alpha value is -1.06. The van der Waals surface area contributed by atoms with Crippen molar-refractivity contribution < 1.29 is 9.47 Å². The number of aliphatic imine (C=N–C) groups is 1. The van der Waals surface area contributed by atoms with Crippen LogP contribution in [0.2, 0.25) is 0 Å². The largest absolute Gasteiger partial charge is 0.496 e. The molecule has 0 bridgehead atoms. The zero-order chi connectivity index (χ0) is 18.4. The summed E-state index contributed by atoms with van der Waals surface area (Å²) in [4.78, 5) is 7.28. The van der Waals surface area contributed by atoms with Gasteiger partial charge in [-0.15, -0.1) is 24.0 Å². The van der Waals surface area contributed by atoms with Crippen LogP contribution in [0.1, 0.15) is 30.9 Å². The van der Waals surface area contributed by atoms with Crippen LogP contribution < -0.4 is 15.4 Å². The molecule has 2 aliphatic heterocycles. The molecule has 3 rings (SSSR count). The molecule has 2 fully saturated rings. The lowest BCUT2D eigenvalue weighted by Crippen LogP contribution is -2.51. The number of hydrogen-bond acceptors (Lipinski definition) is 4. The van der Waals surface area contributed by atoms with Crippen molar-refractivity contribution in [2.45, 2.75) is 45.4 Å². The highest BCUT2D eigenvalue weighted by Crippen LogP contribution is 2.22. The van der Waals surface area contributed by atoms with E-state index in [9.17, 15) is 0 Å². The van der Waals surface area contributed by atoms with Crippen molar-refractivity contribution in [3.05, 3.63) is 29.3 Å². The maximum atomic E-state index is 6.03. The van der Waals surface area contributed by atoms with Gasteiger partial charge in [0.15, 0.2) is 5.96 Å². The Balaban J connectivity index is 0.00000261. The van der Waals surface area contributed by atoms with Gasteiger partial charge in [0.25, 0.3) is 0 Å². The fraction of sp³-hybridized carbons (Fsp3) is 0.650. The number of aryl methyl sites for hydroxylation is 1. The number of benzene rings is 1. The third kappa shape index (κ3) is 6.22. The van der Waals surface area contributed by atoms with Crippen LogP contribution in [0.4, 0.5) is 0 Å². The Morgan fingerprint density at radius 1 is 1.37 bits per heavy atom. The Morgan fingerprint density at radius 3 is 3.00 bits per heavy atom. The molecule has 152 valence electrons. The monoisotopic (exact) mass is 488 g/mol. The van der Waals surface area contributed by atoms with E-state index in [1.54, 1.807) is 7.11 Å². The molecule has 0 amide bonds. The lowest BCUT2D eigenvalue weighted by molar-refractivity contribution is -0.0453. The molecular formula is C20H33IN4O2. The Kier molecular flexibility index (Phi) is 9.11. The molecule has 1 aromatic rings. The van der Waals surface area contributed by atoms with Gasteiger partial charge in [0, 0.05) is 31.2 Å². The van der Waals surface area contributed by atoms with Crippen molar-refractivity contribution in [2.24, 2.45) is 4.99 Å². The highest BCUT2D eigenvalue weighted by atomic mass is 127. The maximum absolute atomic E-state index is 6.03. The molecule has 1 aromatic carbocycles. The van der Waals surface area contributed by atoms with Crippen LogP contribution in [0.3, 0.4) is 0 Å². The second kappa shape index (κ2) is 11.1. The number of nitrogens with zero attached hydrogens (tertiary/aromatic N) is 2. The first-order chi connectivity index (χ1) is 12.7. The fourth-order valence-corrected chi connectivity index (χ4v) is 3.71. The fourth-order valence-electron chi connectivity index (χ4n) is 3.71. The van der Waals surface area contributed by atoms with Gasteiger partial charge in [0.1, 0.15) is 5.75 Å². The first-order valence-electron chi connectivity index (χ1n) is 9.71. The number of ether oxygens (including phenoxy) is 2. The van der Waals surface area contributed by atoms with Crippen LogP contribution >= 0.6 is 24.0 Å². The minimum absolute atomic E-state index is 0. The van der Waals surface area contributed by atoms with E-state index in [2.05, 4.69) is 41.5 Å². The number of rotatable bonds is 6. The molecule has 6 nitrogen and oxygen atoms in total. The van der Waals surface area contributed by atoms with E-state index in [1.165, 1.54) is 24.9 Å². The molecule has 2 aliphatic rings. The summed E-state index contributed by atoms with van der Waals surface area (Å²) in [7, 11) is 1.71. The van der Waals surface area contributed by atoms with Crippen LogP contribution in [0.15, 0.2) is 23.2 Å². The molecule has 0 radical (unpaired) electrons. The van der Waals surface area contributed by atoms with Gasteiger partial charge in [0.05, 0.1) is 26.4 Å². The van der Waals surface area contributed by atoms with Crippen molar-refractivity contribution in [3.8, 4) is 5.75 Å². The first kappa shape index (κ1) is 22.2. The van der Waals surface area contributed by atoms with Gasteiger partial charge in [-0.3, -0.25) is 4.90 Å². The third-order valence-corrected chi connectivity index (χ3v) is 5.15. The molecule has 0 aromatic heterocycles.